The van der Waals surface area contributed by atoms with E-state index in [2.05, 4.69) is 13.8 Å². The lowest BCUT2D eigenvalue weighted by molar-refractivity contribution is -0.139. The van der Waals surface area contributed by atoms with Gasteiger partial charge in [-0.1, -0.05) is 13.8 Å². The highest BCUT2D eigenvalue weighted by molar-refractivity contribution is 6.05. The van der Waals surface area contributed by atoms with Crippen LogP contribution in [0.15, 0.2) is 72.8 Å². The van der Waals surface area contributed by atoms with Crippen molar-refractivity contribution in [2.75, 3.05) is 31.0 Å². The van der Waals surface area contributed by atoms with Crippen LogP contribution in [0.2, 0.25) is 0 Å². The first-order chi connectivity index (χ1) is 35.0. The summed E-state index contributed by atoms with van der Waals surface area (Å²) >= 11 is 0. The number of methoxy groups -OCH3 is 1. The van der Waals surface area contributed by atoms with Crippen LogP contribution >= 0.6 is 0 Å². The first-order valence-electron chi connectivity index (χ1n) is 24.5. The van der Waals surface area contributed by atoms with Crippen molar-refractivity contribution in [1.82, 2.24) is 4.90 Å². The van der Waals surface area contributed by atoms with Gasteiger partial charge in [0.05, 0.1) is 46.3 Å². The van der Waals surface area contributed by atoms with Gasteiger partial charge in [0.25, 0.3) is 5.91 Å². The van der Waals surface area contributed by atoms with E-state index in [0.717, 1.165) is 87.6 Å². The molecular formula is C55H63F6N3O11. The molecule has 4 aromatic carbocycles. The summed E-state index contributed by atoms with van der Waals surface area (Å²) in [5.74, 6) is -5.33. The first-order valence-corrected chi connectivity index (χ1v) is 24.5. The van der Waals surface area contributed by atoms with E-state index >= 15 is 0 Å². The number of esters is 1. The van der Waals surface area contributed by atoms with Gasteiger partial charge in [0.2, 0.25) is 11.8 Å². The summed E-state index contributed by atoms with van der Waals surface area (Å²) in [6, 6.07) is 12.6. The minimum atomic E-state index is -4.88. The number of carbonyl (C=O) groups excluding carboxylic acids is 4. The highest BCUT2D eigenvalue weighted by atomic mass is 19.4. The maximum absolute atomic E-state index is 13.8. The van der Waals surface area contributed by atoms with Crippen LogP contribution in [0.1, 0.15) is 145 Å². The second kappa shape index (κ2) is 24.5. The minimum absolute atomic E-state index is 0.0399. The van der Waals surface area contributed by atoms with E-state index in [0.29, 0.717) is 24.0 Å². The smallest absolute Gasteiger partial charge is 0.420 e. The molecule has 0 heterocycles. The molecule has 75 heavy (non-hydrogen) atoms. The second-order valence-electron chi connectivity index (χ2n) is 19.8. The molecule has 0 atom stereocenters. The minimum Gasteiger partial charge on any atom is -0.478 e. The van der Waals surface area contributed by atoms with Gasteiger partial charge in [-0.05, 0) is 164 Å². The lowest BCUT2D eigenvalue weighted by Gasteiger charge is -2.34. The SMILES string of the molecule is CC1CCC(C(=O)N(c2ccc(Oc3ccc(C(=O)N(C)C)cc3C(F)(F)F)cc2C(=O)O)C(C)C)CC1.COC(=O)c1cc(Oc2ccc(C(=O)O)cc2C(F)(F)F)ccc1N(C(=O)C1CCC(C)CC1)C(C)C. The van der Waals surface area contributed by atoms with Crippen LogP contribution in [0.25, 0.3) is 0 Å². The van der Waals surface area contributed by atoms with Crippen molar-refractivity contribution in [3.8, 4) is 23.0 Å². The lowest BCUT2D eigenvalue weighted by Crippen LogP contribution is -2.43. The molecule has 406 valence electrons. The van der Waals surface area contributed by atoms with Crippen molar-refractivity contribution in [3.05, 3.63) is 106 Å². The van der Waals surface area contributed by atoms with Crippen molar-refractivity contribution in [2.45, 2.75) is 117 Å². The number of nitrogens with zero attached hydrogens (tertiary/aromatic N) is 3. The van der Waals surface area contributed by atoms with Crippen molar-refractivity contribution >= 4 is 47.0 Å². The number of carboxylic acids is 2. The van der Waals surface area contributed by atoms with E-state index in [-0.39, 0.29) is 75.3 Å². The van der Waals surface area contributed by atoms with Crippen LogP contribution in [-0.2, 0) is 26.7 Å². The summed E-state index contributed by atoms with van der Waals surface area (Å²) in [6.45, 7) is 11.5. The van der Waals surface area contributed by atoms with E-state index in [4.69, 9.17) is 19.3 Å². The fraction of sp³-hybridized carbons (Fsp3) is 0.455. The molecule has 2 N–H and O–H groups in total. The molecule has 0 unspecified atom stereocenters. The van der Waals surface area contributed by atoms with Gasteiger partial charge in [-0.3, -0.25) is 14.4 Å². The number of hydrogen-bond donors (Lipinski definition) is 2. The molecule has 0 aromatic heterocycles. The van der Waals surface area contributed by atoms with Crippen molar-refractivity contribution in [3.63, 3.8) is 0 Å². The molecule has 2 fully saturated rings. The number of carboxylic acid groups (broad SMARTS) is 2. The van der Waals surface area contributed by atoms with Crippen LogP contribution in [-0.4, -0.2) is 84.0 Å². The second-order valence-corrected chi connectivity index (χ2v) is 19.8. The normalized spacial score (nSPS) is 17.8. The zero-order valence-electron chi connectivity index (χ0n) is 43.2. The Morgan fingerprint density at radius 2 is 0.933 bits per heavy atom. The Hall–Kier alpha value is -7.12. The molecule has 3 amide bonds. The highest BCUT2D eigenvalue weighted by Crippen LogP contribution is 2.43. The van der Waals surface area contributed by atoms with Crippen LogP contribution < -0.4 is 19.3 Å². The van der Waals surface area contributed by atoms with E-state index in [1.165, 1.54) is 60.3 Å². The molecule has 2 aliphatic rings. The van der Waals surface area contributed by atoms with Gasteiger partial charge in [-0.15, -0.1) is 0 Å². The quantitative estimate of drug-likeness (QED) is 0.0906. The van der Waals surface area contributed by atoms with Gasteiger partial charge >= 0.3 is 30.3 Å². The summed E-state index contributed by atoms with van der Waals surface area (Å²) in [4.78, 5) is 79.3. The van der Waals surface area contributed by atoms with Gasteiger partial charge < -0.3 is 39.1 Å². The molecule has 20 heteroatoms. The molecule has 6 rings (SSSR count). The van der Waals surface area contributed by atoms with E-state index < -0.39 is 64.4 Å². The number of alkyl halides is 6. The number of amides is 3. The van der Waals surface area contributed by atoms with E-state index in [9.17, 15) is 60.2 Å². The third-order valence-electron chi connectivity index (χ3n) is 13.3. The number of halogens is 6. The van der Waals surface area contributed by atoms with Crippen LogP contribution in [0.4, 0.5) is 37.7 Å². The Morgan fingerprint density at radius 3 is 1.29 bits per heavy atom. The lowest BCUT2D eigenvalue weighted by atomic mass is 9.82. The number of carbonyl (C=O) groups is 6. The molecule has 0 bridgehead atoms. The van der Waals surface area contributed by atoms with E-state index in [1.54, 1.807) is 13.8 Å². The van der Waals surface area contributed by atoms with Gasteiger partial charge in [-0.2, -0.15) is 26.3 Å². The maximum atomic E-state index is 13.8. The van der Waals surface area contributed by atoms with Gasteiger partial charge in [-0.25, -0.2) is 14.4 Å². The number of benzene rings is 4. The Kier molecular flexibility index (Phi) is 19.2. The Morgan fingerprint density at radius 1 is 0.547 bits per heavy atom. The maximum Gasteiger partial charge on any atom is 0.420 e. The van der Waals surface area contributed by atoms with Crippen molar-refractivity contribution in [2.24, 2.45) is 23.7 Å². The average molecular weight is 1060 g/mol. The average Bonchev–Trinajstić information content (AvgIpc) is 3.34. The summed E-state index contributed by atoms with van der Waals surface area (Å²) < 4.78 is 98.1. The monoisotopic (exact) mass is 1060 g/mol. The third-order valence-corrected chi connectivity index (χ3v) is 13.3. The van der Waals surface area contributed by atoms with Gasteiger partial charge in [0.1, 0.15) is 23.0 Å². The molecule has 14 nitrogen and oxygen atoms in total. The topological polar surface area (TPSA) is 180 Å². The van der Waals surface area contributed by atoms with Crippen LogP contribution in [0, 0.1) is 23.7 Å². The predicted octanol–water partition coefficient (Wildman–Crippen LogP) is 13.0. The van der Waals surface area contributed by atoms with Crippen LogP contribution in [0.3, 0.4) is 0 Å². The Labute approximate surface area is 431 Å². The van der Waals surface area contributed by atoms with Crippen molar-refractivity contribution in [1.29, 1.82) is 0 Å². The summed E-state index contributed by atoms with van der Waals surface area (Å²) in [5.41, 5.74) is -3.03. The van der Waals surface area contributed by atoms with E-state index in [1.807, 2.05) is 13.8 Å². The molecule has 4 aromatic rings. The molecule has 2 aliphatic carbocycles. The Balaban J connectivity index is 0.000000277. The number of rotatable bonds is 14. The number of ether oxygens (including phenoxy) is 3. The third kappa shape index (κ3) is 14.6. The Bertz CT molecular complexity index is 2740. The highest BCUT2D eigenvalue weighted by Gasteiger charge is 2.39. The largest absolute Gasteiger partial charge is 0.478 e. The number of anilines is 2. The number of aromatic carboxylic acids is 2. The molecule has 0 spiro atoms. The summed E-state index contributed by atoms with van der Waals surface area (Å²) in [7, 11) is 4.01. The first kappa shape index (κ1) is 58.8. The predicted molar refractivity (Wildman–Crippen MR) is 267 cm³/mol. The zero-order valence-corrected chi connectivity index (χ0v) is 43.2. The standard InChI is InChI=1S/C28H33F3N2O5.C27H30F3NO6/c1-16(2)33(26(35)18-8-6-17(3)7-9-18)23-12-11-20(15-21(23)27(36)37)38-24-13-10-19(25(34)32(4)5)14-22(24)28(29,30)31;1-15(2)31(24(32)17-7-5-16(3)6-8-17)22-11-10-19(14-20(22)26(35)36-4)37-23-12-9-18(25(33)34)13-21(23)27(28,29)30/h10-18H,6-9H2,1-5H3,(H,36,37);9-17H,5-8H2,1-4H3,(H,33,34). The van der Waals surface area contributed by atoms with Gasteiger partial charge in [0.15, 0.2) is 0 Å². The molecule has 2 saturated carbocycles. The fourth-order valence-corrected chi connectivity index (χ4v) is 9.19. The fourth-order valence-electron chi connectivity index (χ4n) is 9.19. The molecule has 0 aliphatic heterocycles. The van der Waals surface area contributed by atoms with Crippen molar-refractivity contribution < 1.29 is 79.5 Å². The zero-order chi connectivity index (χ0) is 55.9. The van der Waals surface area contributed by atoms with Gasteiger partial charge in [0, 0.05) is 43.6 Å². The molecule has 0 radical (unpaired) electrons. The molecule has 0 saturated heterocycles. The molecular weight excluding hydrogens is 993 g/mol. The number of hydrogen-bond acceptors (Lipinski definition) is 9. The van der Waals surface area contributed by atoms with Crippen LogP contribution in [0.5, 0.6) is 23.0 Å². The summed E-state index contributed by atoms with van der Waals surface area (Å²) in [6.07, 6.45) is -3.09. The summed E-state index contributed by atoms with van der Waals surface area (Å²) in [5, 5.41) is 19.0.